The molecule has 0 aliphatic heterocycles. The third-order valence-corrected chi connectivity index (χ3v) is 3.49. The fraction of sp³-hybridized carbons (Fsp3) is 0.500. The van der Waals surface area contributed by atoms with Gasteiger partial charge in [0.1, 0.15) is 0 Å². The standard InChI is InChI=1S/C16H24BrNO2/c1-11(10-18-16(2,3)4)7-12-8-14(19-5)15(20-6)9-13(12)17/h7-9,18H,10H2,1-6H3. The van der Waals surface area contributed by atoms with E-state index in [1.807, 2.05) is 12.1 Å². The lowest BCUT2D eigenvalue weighted by Crippen LogP contribution is -2.36. The number of benzene rings is 1. The highest BCUT2D eigenvalue weighted by Gasteiger charge is 2.10. The van der Waals surface area contributed by atoms with Crippen molar-refractivity contribution >= 4 is 22.0 Å². The molecule has 0 atom stereocenters. The molecule has 0 saturated heterocycles. The van der Waals surface area contributed by atoms with Gasteiger partial charge in [-0.05, 0) is 45.4 Å². The summed E-state index contributed by atoms with van der Waals surface area (Å²) in [6.45, 7) is 9.44. The van der Waals surface area contributed by atoms with Gasteiger partial charge in [-0.15, -0.1) is 0 Å². The minimum atomic E-state index is 0.115. The molecule has 0 aromatic heterocycles. The van der Waals surface area contributed by atoms with E-state index in [-0.39, 0.29) is 5.54 Å². The average Bonchev–Trinajstić information content (AvgIpc) is 2.37. The van der Waals surface area contributed by atoms with Gasteiger partial charge in [-0.2, -0.15) is 0 Å². The third kappa shape index (κ3) is 5.17. The van der Waals surface area contributed by atoms with Gasteiger partial charge in [0.05, 0.1) is 14.2 Å². The van der Waals surface area contributed by atoms with Gasteiger partial charge in [0.2, 0.25) is 0 Å². The lowest BCUT2D eigenvalue weighted by Gasteiger charge is -2.20. The highest BCUT2D eigenvalue weighted by atomic mass is 79.9. The van der Waals surface area contributed by atoms with Gasteiger partial charge < -0.3 is 14.8 Å². The number of methoxy groups -OCH3 is 2. The van der Waals surface area contributed by atoms with Crippen LogP contribution in [0.15, 0.2) is 22.2 Å². The van der Waals surface area contributed by atoms with Crippen LogP contribution in [-0.2, 0) is 0 Å². The highest BCUT2D eigenvalue weighted by molar-refractivity contribution is 9.10. The second kappa shape index (κ2) is 7.14. The first-order valence-electron chi connectivity index (χ1n) is 6.60. The zero-order valence-corrected chi connectivity index (χ0v) is 14.7. The highest BCUT2D eigenvalue weighted by Crippen LogP contribution is 2.34. The molecular formula is C16H24BrNO2. The Kier molecular flexibility index (Phi) is 6.08. The van der Waals surface area contributed by atoms with Gasteiger partial charge in [0, 0.05) is 16.6 Å². The van der Waals surface area contributed by atoms with Gasteiger partial charge in [-0.25, -0.2) is 0 Å². The maximum atomic E-state index is 5.34. The van der Waals surface area contributed by atoms with Crippen LogP contribution < -0.4 is 14.8 Å². The van der Waals surface area contributed by atoms with E-state index in [1.165, 1.54) is 5.57 Å². The van der Waals surface area contributed by atoms with Crippen LogP contribution in [0.4, 0.5) is 0 Å². The van der Waals surface area contributed by atoms with Crippen molar-refractivity contribution in [3.8, 4) is 11.5 Å². The second-order valence-corrected chi connectivity index (χ2v) is 6.68. The van der Waals surface area contributed by atoms with Crippen LogP contribution in [0.2, 0.25) is 0 Å². The van der Waals surface area contributed by atoms with Gasteiger partial charge in [0.15, 0.2) is 11.5 Å². The average molecular weight is 342 g/mol. The summed E-state index contributed by atoms with van der Waals surface area (Å²) in [4.78, 5) is 0. The normalized spacial score (nSPS) is 12.4. The molecule has 0 bridgehead atoms. The van der Waals surface area contributed by atoms with E-state index in [9.17, 15) is 0 Å². The summed E-state index contributed by atoms with van der Waals surface area (Å²) in [6.07, 6.45) is 2.14. The summed E-state index contributed by atoms with van der Waals surface area (Å²) in [5.41, 5.74) is 2.45. The second-order valence-electron chi connectivity index (χ2n) is 5.82. The number of hydrogen-bond donors (Lipinski definition) is 1. The van der Waals surface area contributed by atoms with E-state index in [4.69, 9.17) is 9.47 Å². The van der Waals surface area contributed by atoms with Gasteiger partial charge in [-0.3, -0.25) is 0 Å². The largest absolute Gasteiger partial charge is 0.493 e. The Bertz CT molecular complexity index is 490. The first kappa shape index (κ1) is 17.1. The van der Waals surface area contributed by atoms with Crippen molar-refractivity contribution in [2.75, 3.05) is 20.8 Å². The molecule has 1 aromatic rings. The molecule has 1 N–H and O–H groups in total. The van der Waals surface area contributed by atoms with E-state index < -0.39 is 0 Å². The molecule has 112 valence electrons. The third-order valence-electron chi connectivity index (χ3n) is 2.80. The predicted octanol–water partition coefficient (Wildman–Crippen LogP) is 4.26. The topological polar surface area (TPSA) is 30.5 Å². The minimum absolute atomic E-state index is 0.115. The first-order valence-corrected chi connectivity index (χ1v) is 7.40. The zero-order valence-electron chi connectivity index (χ0n) is 13.1. The number of rotatable bonds is 5. The molecule has 0 spiro atoms. The molecule has 1 aromatic carbocycles. The van der Waals surface area contributed by atoms with Crippen LogP contribution in [0.1, 0.15) is 33.3 Å². The first-order chi connectivity index (χ1) is 9.26. The molecule has 1 rings (SSSR count). The van der Waals surface area contributed by atoms with Crippen molar-refractivity contribution in [2.24, 2.45) is 0 Å². The van der Waals surface area contributed by atoms with E-state index in [2.05, 4.69) is 55.0 Å². The Balaban J connectivity index is 2.96. The van der Waals surface area contributed by atoms with E-state index in [0.717, 1.165) is 28.1 Å². The maximum Gasteiger partial charge on any atom is 0.161 e. The van der Waals surface area contributed by atoms with Crippen molar-refractivity contribution in [2.45, 2.75) is 33.2 Å². The van der Waals surface area contributed by atoms with Crippen molar-refractivity contribution < 1.29 is 9.47 Å². The van der Waals surface area contributed by atoms with Crippen LogP contribution in [0.5, 0.6) is 11.5 Å². The van der Waals surface area contributed by atoms with Crippen LogP contribution in [0, 0.1) is 0 Å². The van der Waals surface area contributed by atoms with Crippen LogP contribution in [0.3, 0.4) is 0 Å². The lowest BCUT2D eigenvalue weighted by molar-refractivity contribution is 0.354. The van der Waals surface area contributed by atoms with E-state index in [1.54, 1.807) is 14.2 Å². The SMILES string of the molecule is COc1cc(Br)c(C=C(C)CNC(C)(C)C)cc1OC. The molecule has 0 saturated carbocycles. The van der Waals surface area contributed by atoms with E-state index >= 15 is 0 Å². The Hall–Kier alpha value is -1.00. The summed E-state index contributed by atoms with van der Waals surface area (Å²) in [7, 11) is 3.28. The van der Waals surface area contributed by atoms with Crippen molar-refractivity contribution in [3.05, 3.63) is 27.7 Å². The Morgan fingerprint density at radius 3 is 2.25 bits per heavy atom. The molecule has 20 heavy (non-hydrogen) atoms. The summed E-state index contributed by atoms with van der Waals surface area (Å²) >= 11 is 3.57. The number of nitrogens with one attached hydrogen (secondary N) is 1. The van der Waals surface area contributed by atoms with Crippen molar-refractivity contribution in [1.82, 2.24) is 5.32 Å². The predicted molar refractivity (Wildman–Crippen MR) is 88.7 cm³/mol. The summed E-state index contributed by atoms with van der Waals surface area (Å²) in [6, 6.07) is 3.90. The minimum Gasteiger partial charge on any atom is -0.493 e. The fourth-order valence-corrected chi connectivity index (χ4v) is 2.14. The summed E-state index contributed by atoms with van der Waals surface area (Å²) in [5.74, 6) is 1.46. The molecule has 3 nitrogen and oxygen atoms in total. The quantitative estimate of drug-likeness (QED) is 0.867. The zero-order chi connectivity index (χ0) is 15.3. The van der Waals surface area contributed by atoms with Crippen molar-refractivity contribution in [3.63, 3.8) is 0 Å². The molecule has 0 heterocycles. The molecule has 0 radical (unpaired) electrons. The Morgan fingerprint density at radius 1 is 1.20 bits per heavy atom. The molecule has 4 heteroatoms. The molecule has 0 aliphatic rings. The van der Waals surface area contributed by atoms with Crippen molar-refractivity contribution in [1.29, 1.82) is 0 Å². The van der Waals surface area contributed by atoms with Crippen LogP contribution in [-0.4, -0.2) is 26.3 Å². The number of halogens is 1. The van der Waals surface area contributed by atoms with Gasteiger partial charge in [-0.1, -0.05) is 27.6 Å². The molecule has 0 fully saturated rings. The van der Waals surface area contributed by atoms with Crippen LogP contribution >= 0.6 is 15.9 Å². The number of ether oxygens (including phenoxy) is 2. The van der Waals surface area contributed by atoms with Gasteiger partial charge >= 0.3 is 0 Å². The maximum absolute atomic E-state index is 5.34. The fourth-order valence-electron chi connectivity index (χ4n) is 1.70. The van der Waals surface area contributed by atoms with E-state index in [0.29, 0.717) is 0 Å². The summed E-state index contributed by atoms with van der Waals surface area (Å²) in [5, 5.41) is 3.47. The summed E-state index contributed by atoms with van der Waals surface area (Å²) < 4.78 is 11.6. The molecule has 0 unspecified atom stereocenters. The van der Waals surface area contributed by atoms with Gasteiger partial charge in [0.25, 0.3) is 0 Å². The Labute approximate surface area is 130 Å². The smallest absolute Gasteiger partial charge is 0.161 e. The Morgan fingerprint density at radius 2 is 1.75 bits per heavy atom. The molecule has 0 aliphatic carbocycles. The lowest BCUT2D eigenvalue weighted by atomic mass is 10.1. The number of hydrogen-bond acceptors (Lipinski definition) is 3. The molecular weight excluding hydrogens is 318 g/mol. The monoisotopic (exact) mass is 341 g/mol. The molecule has 0 amide bonds. The van der Waals surface area contributed by atoms with Crippen LogP contribution in [0.25, 0.3) is 6.08 Å².